The summed E-state index contributed by atoms with van der Waals surface area (Å²) >= 11 is 3.16. The van der Waals surface area contributed by atoms with Crippen molar-refractivity contribution in [3.63, 3.8) is 0 Å². The van der Waals surface area contributed by atoms with E-state index >= 15 is 0 Å². The number of carbonyl (C=O) groups is 2. The molecule has 0 saturated carbocycles. The van der Waals surface area contributed by atoms with Crippen molar-refractivity contribution in [2.75, 3.05) is 24.2 Å². The largest absolute Gasteiger partial charge is 0.336 e. The van der Waals surface area contributed by atoms with Gasteiger partial charge >= 0.3 is 0 Å². The molecule has 5 nitrogen and oxygen atoms in total. The van der Waals surface area contributed by atoms with Crippen molar-refractivity contribution in [2.45, 2.75) is 31.7 Å². The number of hydrogen-bond acceptors (Lipinski definition) is 5. The Kier molecular flexibility index (Phi) is 5.15. The van der Waals surface area contributed by atoms with E-state index in [-0.39, 0.29) is 24.4 Å². The second kappa shape index (κ2) is 7.17. The van der Waals surface area contributed by atoms with Crippen LogP contribution >= 0.6 is 23.1 Å². The predicted molar refractivity (Wildman–Crippen MR) is 102 cm³/mol. The molecule has 0 radical (unpaired) electrons. The van der Waals surface area contributed by atoms with Crippen LogP contribution in [0.15, 0.2) is 29.2 Å². The second-order valence-electron chi connectivity index (χ2n) is 6.09. The van der Waals surface area contributed by atoms with E-state index in [0.29, 0.717) is 5.75 Å². The van der Waals surface area contributed by atoms with Gasteiger partial charge in [0.2, 0.25) is 11.8 Å². The number of likely N-dealkylation sites (N-methyl/N-ethyl adjacent to an activating group) is 1. The van der Waals surface area contributed by atoms with Gasteiger partial charge in [-0.15, -0.1) is 23.1 Å². The zero-order chi connectivity index (χ0) is 18.1. The van der Waals surface area contributed by atoms with E-state index in [9.17, 15) is 9.59 Å². The molecule has 0 N–H and O–H groups in total. The van der Waals surface area contributed by atoms with Gasteiger partial charge in [-0.2, -0.15) is 0 Å². The molecule has 2 amide bonds. The molecule has 0 fully saturated rings. The average Bonchev–Trinajstić information content (AvgIpc) is 2.94. The molecule has 1 aromatic carbocycles. The van der Waals surface area contributed by atoms with Crippen LogP contribution in [0.1, 0.15) is 28.5 Å². The lowest BCUT2D eigenvalue weighted by Crippen LogP contribution is -2.44. The molecule has 1 atom stereocenters. The van der Waals surface area contributed by atoms with E-state index in [1.807, 2.05) is 45.0 Å². The zero-order valence-corrected chi connectivity index (χ0v) is 16.4. The average molecular weight is 376 g/mol. The molecule has 0 bridgehead atoms. The molecule has 132 valence electrons. The van der Waals surface area contributed by atoms with Gasteiger partial charge in [0.25, 0.3) is 0 Å². The van der Waals surface area contributed by atoms with Crippen LogP contribution in [-0.4, -0.2) is 41.0 Å². The van der Waals surface area contributed by atoms with E-state index < -0.39 is 0 Å². The fraction of sp³-hybridized carbons (Fsp3) is 0.389. The number of hydrogen-bond donors (Lipinski definition) is 0. The lowest BCUT2D eigenvalue weighted by Gasteiger charge is -2.31. The molecule has 1 aromatic heterocycles. The third kappa shape index (κ3) is 3.57. The van der Waals surface area contributed by atoms with Crippen LogP contribution in [0.3, 0.4) is 0 Å². The summed E-state index contributed by atoms with van der Waals surface area (Å²) in [6.07, 6.45) is 0. The Morgan fingerprint density at radius 2 is 2.08 bits per heavy atom. The van der Waals surface area contributed by atoms with E-state index in [1.165, 1.54) is 11.8 Å². The quantitative estimate of drug-likeness (QED) is 0.822. The minimum atomic E-state index is -0.123. The molecule has 7 heteroatoms. The number of fused-ring (bicyclic) bond motifs is 1. The standard InChI is InChI=1S/C18H21N3O2S2/c1-11(18-12(2)25-13(3)19-18)20(4)16(22)9-21-14-7-5-6-8-15(14)24-10-17(21)23/h5-8,11H,9-10H2,1-4H3. The topological polar surface area (TPSA) is 53.5 Å². The zero-order valence-electron chi connectivity index (χ0n) is 14.8. The number of para-hydroxylation sites is 1. The molecular formula is C18H21N3O2S2. The van der Waals surface area contributed by atoms with Crippen LogP contribution in [0.5, 0.6) is 0 Å². The van der Waals surface area contributed by atoms with Crippen molar-refractivity contribution < 1.29 is 9.59 Å². The summed E-state index contributed by atoms with van der Waals surface area (Å²) in [4.78, 5) is 35.1. The number of thioether (sulfide) groups is 1. The number of aromatic nitrogens is 1. The molecule has 1 aliphatic rings. The maximum atomic E-state index is 12.8. The lowest BCUT2D eigenvalue weighted by atomic mass is 10.2. The van der Waals surface area contributed by atoms with Crippen molar-refractivity contribution >= 4 is 40.6 Å². The highest BCUT2D eigenvalue weighted by atomic mass is 32.2. The number of amides is 2. The number of carbonyl (C=O) groups excluding carboxylic acids is 2. The number of thiazole rings is 1. The first-order valence-corrected chi connectivity index (χ1v) is 9.90. The van der Waals surface area contributed by atoms with Gasteiger partial charge in [-0.05, 0) is 32.9 Å². The van der Waals surface area contributed by atoms with Crippen molar-refractivity contribution in [1.82, 2.24) is 9.88 Å². The van der Waals surface area contributed by atoms with Gasteiger partial charge in [-0.25, -0.2) is 4.98 Å². The Labute approximate surface area is 156 Å². The molecule has 0 aliphatic carbocycles. The second-order valence-corrected chi connectivity index (χ2v) is 8.52. The van der Waals surface area contributed by atoms with E-state index in [0.717, 1.165) is 26.2 Å². The number of aryl methyl sites for hydroxylation is 2. The molecular weight excluding hydrogens is 354 g/mol. The summed E-state index contributed by atoms with van der Waals surface area (Å²) < 4.78 is 0. The van der Waals surface area contributed by atoms with Gasteiger partial charge in [-0.3, -0.25) is 9.59 Å². The fourth-order valence-electron chi connectivity index (χ4n) is 2.91. The number of benzene rings is 1. The molecule has 3 rings (SSSR count). The highest BCUT2D eigenvalue weighted by Crippen LogP contribution is 2.35. The predicted octanol–water partition coefficient (Wildman–Crippen LogP) is 3.42. The highest BCUT2D eigenvalue weighted by Gasteiger charge is 2.29. The van der Waals surface area contributed by atoms with Gasteiger partial charge in [0.05, 0.1) is 28.2 Å². The van der Waals surface area contributed by atoms with Crippen molar-refractivity contribution in [3.05, 3.63) is 39.8 Å². The number of rotatable bonds is 4. The fourth-order valence-corrected chi connectivity index (χ4v) is 4.75. The first-order valence-electron chi connectivity index (χ1n) is 8.10. The highest BCUT2D eigenvalue weighted by molar-refractivity contribution is 8.00. The summed E-state index contributed by atoms with van der Waals surface area (Å²) in [5.74, 6) is 0.250. The van der Waals surface area contributed by atoms with Crippen LogP contribution in [-0.2, 0) is 9.59 Å². The van der Waals surface area contributed by atoms with Crippen LogP contribution in [0, 0.1) is 13.8 Å². The molecule has 25 heavy (non-hydrogen) atoms. The summed E-state index contributed by atoms with van der Waals surface area (Å²) in [5.41, 5.74) is 1.75. The molecule has 0 spiro atoms. The molecule has 0 saturated heterocycles. The van der Waals surface area contributed by atoms with Gasteiger partial charge in [-0.1, -0.05) is 12.1 Å². The summed E-state index contributed by atoms with van der Waals surface area (Å²) in [6, 6.07) is 7.59. The third-order valence-electron chi connectivity index (χ3n) is 4.41. The first kappa shape index (κ1) is 17.9. The van der Waals surface area contributed by atoms with Gasteiger partial charge < -0.3 is 9.80 Å². The smallest absolute Gasteiger partial charge is 0.242 e. The molecule has 1 unspecified atom stereocenters. The maximum Gasteiger partial charge on any atom is 0.242 e. The van der Waals surface area contributed by atoms with E-state index in [4.69, 9.17) is 0 Å². The van der Waals surface area contributed by atoms with Crippen molar-refractivity contribution in [2.24, 2.45) is 0 Å². The Hall–Kier alpha value is -1.86. The normalized spacial score (nSPS) is 15.0. The van der Waals surface area contributed by atoms with Crippen molar-refractivity contribution in [3.8, 4) is 0 Å². The monoisotopic (exact) mass is 375 g/mol. The SMILES string of the molecule is Cc1nc(C(C)N(C)C(=O)CN2C(=O)CSc3ccccc32)c(C)s1. The van der Waals surface area contributed by atoms with Crippen LogP contribution in [0.2, 0.25) is 0 Å². The molecule has 2 heterocycles. The van der Waals surface area contributed by atoms with Crippen LogP contribution in [0.4, 0.5) is 5.69 Å². The van der Waals surface area contributed by atoms with E-state index in [2.05, 4.69) is 4.98 Å². The molecule has 1 aliphatic heterocycles. The first-order chi connectivity index (χ1) is 11.9. The van der Waals surface area contributed by atoms with Gasteiger partial charge in [0.15, 0.2) is 0 Å². The van der Waals surface area contributed by atoms with Gasteiger partial charge in [0, 0.05) is 16.8 Å². The maximum absolute atomic E-state index is 12.8. The van der Waals surface area contributed by atoms with E-state index in [1.54, 1.807) is 28.2 Å². The Balaban J connectivity index is 1.77. The Morgan fingerprint density at radius 3 is 2.76 bits per heavy atom. The minimum Gasteiger partial charge on any atom is -0.336 e. The van der Waals surface area contributed by atoms with Gasteiger partial charge in [0.1, 0.15) is 6.54 Å². The Bertz CT molecular complexity index is 818. The molecule has 2 aromatic rings. The number of anilines is 1. The van der Waals surface area contributed by atoms with Crippen LogP contribution in [0.25, 0.3) is 0 Å². The third-order valence-corrected chi connectivity index (χ3v) is 6.36. The summed E-state index contributed by atoms with van der Waals surface area (Å²) in [7, 11) is 1.77. The lowest BCUT2D eigenvalue weighted by molar-refractivity contribution is -0.131. The number of nitrogens with zero attached hydrogens (tertiary/aromatic N) is 3. The minimum absolute atomic E-state index is 0.0289. The summed E-state index contributed by atoms with van der Waals surface area (Å²) in [6.45, 7) is 6.02. The van der Waals surface area contributed by atoms with Crippen molar-refractivity contribution in [1.29, 1.82) is 0 Å². The Morgan fingerprint density at radius 1 is 1.36 bits per heavy atom. The van der Waals surface area contributed by atoms with Crippen LogP contribution < -0.4 is 4.90 Å². The summed E-state index contributed by atoms with van der Waals surface area (Å²) in [5, 5.41) is 0.998.